The molecule has 0 saturated heterocycles. The predicted molar refractivity (Wildman–Crippen MR) is 61.0 cm³/mol. The molecular formula is C13H16F3N. The van der Waals surface area contributed by atoms with Gasteiger partial charge >= 0.3 is 6.18 Å². The van der Waals surface area contributed by atoms with Gasteiger partial charge in [0.25, 0.3) is 0 Å². The SMILES string of the molecule is CNC(CC1Cc2ccccc21)CC(F)(F)F. The minimum absolute atomic E-state index is 0.283. The molecule has 1 aliphatic carbocycles. The van der Waals surface area contributed by atoms with E-state index in [-0.39, 0.29) is 5.92 Å². The van der Waals surface area contributed by atoms with Crippen LogP contribution in [0, 0.1) is 0 Å². The van der Waals surface area contributed by atoms with E-state index in [9.17, 15) is 13.2 Å². The van der Waals surface area contributed by atoms with Crippen molar-refractivity contribution in [3.05, 3.63) is 35.4 Å². The maximum Gasteiger partial charge on any atom is 0.390 e. The fraction of sp³-hybridized carbons (Fsp3) is 0.538. The molecule has 2 atom stereocenters. The van der Waals surface area contributed by atoms with Crippen molar-refractivity contribution >= 4 is 0 Å². The van der Waals surface area contributed by atoms with E-state index in [1.165, 1.54) is 11.1 Å². The molecule has 17 heavy (non-hydrogen) atoms. The van der Waals surface area contributed by atoms with E-state index in [2.05, 4.69) is 5.32 Å². The van der Waals surface area contributed by atoms with Crippen LogP contribution in [0.2, 0.25) is 0 Å². The maximum atomic E-state index is 12.3. The van der Waals surface area contributed by atoms with E-state index in [0.29, 0.717) is 6.42 Å². The normalized spacial score (nSPS) is 20.6. The van der Waals surface area contributed by atoms with Gasteiger partial charge in [-0.1, -0.05) is 24.3 Å². The van der Waals surface area contributed by atoms with Crippen molar-refractivity contribution in [1.82, 2.24) is 5.32 Å². The molecule has 1 aromatic carbocycles. The quantitative estimate of drug-likeness (QED) is 0.856. The minimum Gasteiger partial charge on any atom is -0.317 e. The summed E-state index contributed by atoms with van der Waals surface area (Å²) >= 11 is 0. The number of benzene rings is 1. The number of fused-ring (bicyclic) bond motifs is 1. The molecule has 1 aliphatic rings. The van der Waals surface area contributed by atoms with E-state index in [4.69, 9.17) is 0 Å². The lowest BCUT2D eigenvalue weighted by Gasteiger charge is -2.33. The Morgan fingerprint density at radius 2 is 2.06 bits per heavy atom. The van der Waals surface area contributed by atoms with E-state index in [1.807, 2.05) is 24.3 Å². The first-order chi connectivity index (χ1) is 7.99. The van der Waals surface area contributed by atoms with Gasteiger partial charge in [0.2, 0.25) is 0 Å². The van der Waals surface area contributed by atoms with Crippen LogP contribution in [0.4, 0.5) is 13.2 Å². The summed E-state index contributed by atoms with van der Waals surface area (Å²) in [4.78, 5) is 0. The zero-order chi connectivity index (χ0) is 12.5. The Kier molecular flexibility index (Phi) is 3.43. The molecule has 0 aromatic heterocycles. The molecule has 1 nitrogen and oxygen atoms in total. The molecule has 2 rings (SSSR count). The maximum absolute atomic E-state index is 12.3. The van der Waals surface area contributed by atoms with E-state index >= 15 is 0 Å². The average molecular weight is 243 g/mol. The van der Waals surface area contributed by atoms with Crippen LogP contribution in [0.1, 0.15) is 29.9 Å². The summed E-state index contributed by atoms with van der Waals surface area (Å²) in [5.74, 6) is 0.283. The molecule has 2 unspecified atom stereocenters. The minimum atomic E-state index is -4.09. The molecule has 0 amide bonds. The highest BCUT2D eigenvalue weighted by Crippen LogP contribution is 2.39. The number of hydrogen-bond donors (Lipinski definition) is 1. The van der Waals surface area contributed by atoms with Gasteiger partial charge in [0.15, 0.2) is 0 Å². The number of rotatable bonds is 4. The lowest BCUT2D eigenvalue weighted by molar-refractivity contribution is -0.140. The lowest BCUT2D eigenvalue weighted by atomic mass is 9.74. The summed E-state index contributed by atoms with van der Waals surface area (Å²) in [6, 6.07) is 7.50. The zero-order valence-electron chi connectivity index (χ0n) is 9.72. The molecule has 0 saturated carbocycles. The zero-order valence-corrected chi connectivity index (χ0v) is 9.72. The third-order valence-corrected chi connectivity index (χ3v) is 3.42. The molecule has 0 radical (unpaired) electrons. The van der Waals surface area contributed by atoms with E-state index in [0.717, 1.165) is 6.42 Å². The fourth-order valence-corrected chi connectivity index (χ4v) is 2.50. The average Bonchev–Trinajstić information content (AvgIpc) is 2.22. The molecule has 0 aliphatic heterocycles. The highest BCUT2D eigenvalue weighted by atomic mass is 19.4. The van der Waals surface area contributed by atoms with E-state index in [1.54, 1.807) is 7.05 Å². The first kappa shape index (κ1) is 12.4. The summed E-state index contributed by atoms with van der Waals surface area (Å²) < 4.78 is 37.0. The van der Waals surface area contributed by atoms with Crippen molar-refractivity contribution < 1.29 is 13.2 Å². The number of hydrogen-bond acceptors (Lipinski definition) is 1. The second-order valence-corrected chi connectivity index (χ2v) is 4.64. The van der Waals surface area contributed by atoms with Gasteiger partial charge in [0, 0.05) is 6.04 Å². The summed E-state index contributed by atoms with van der Waals surface area (Å²) in [5.41, 5.74) is 2.49. The molecule has 1 aromatic rings. The number of halogens is 3. The third-order valence-electron chi connectivity index (χ3n) is 3.42. The van der Waals surface area contributed by atoms with Gasteiger partial charge in [-0.25, -0.2) is 0 Å². The smallest absolute Gasteiger partial charge is 0.317 e. The van der Waals surface area contributed by atoms with Crippen LogP contribution in [0.3, 0.4) is 0 Å². The monoisotopic (exact) mass is 243 g/mol. The first-order valence-corrected chi connectivity index (χ1v) is 5.81. The molecule has 4 heteroatoms. The topological polar surface area (TPSA) is 12.0 Å². The molecule has 0 heterocycles. The molecular weight excluding hydrogens is 227 g/mol. The Labute approximate surface area is 99.0 Å². The summed E-state index contributed by atoms with van der Waals surface area (Å²) in [7, 11) is 1.60. The standard InChI is InChI=1S/C13H16F3N/c1-17-11(8-13(14,15)16)7-10-6-9-4-2-3-5-12(9)10/h2-5,10-11,17H,6-8H2,1H3. The lowest BCUT2D eigenvalue weighted by Crippen LogP contribution is -2.34. The van der Waals surface area contributed by atoms with Crippen LogP contribution in [-0.4, -0.2) is 19.3 Å². The van der Waals surface area contributed by atoms with E-state index < -0.39 is 18.6 Å². The van der Waals surface area contributed by atoms with Gasteiger partial charge in [0.1, 0.15) is 0 Å². The van der Waals surface area contributed by atoms with Crippen molar-refractivity contribution in [2.24, 2.45) is 0 Å². The van der Waals surface area contributed by atoms with Gasteiger partial charge in [-0.2, -0.15) is 13.2 Å². The van der Waals surface area contributed by atoms with Crippen LogP contribution in [0.25, 0.3) is 0 Å². The van der Waals surface area contributed by atoms with Crippen molar-refractivity contribution in [3.8, 4) is 0 Å². The Bertz CT molecular complexity index is 386. The molecule has 0 spiro atoms. The number of nitrogens with one attached hydrogen (secondary N) is 1. The molecule has 0 bridgehead atoms. The van der Waals surface area contributed by atoms with Crippen molar-refractivity contribution in [2.45, 2.75) is 37.4 Å². The summed E-state index contributed by atoms with van der Waals surface area (Å²) in [6.45, 7) is 0. The van der Waals surface area contributed by atoms with Gasteiger partial charge in [-0.15, -0.1) is 0 Å². The Hall–Kier alpha value is -1.03. The van der Waals surface area contributed by atoms with Crippen molar-refractivity contribution in [2.75, 3.05) is 7.05 Å². The van der Waals surface area contributed by atoms with Crippen LogP contribution < -0.4 is 5.32 Å². The van der Waals surface area contributed by atoms with Crippen LogP contribution in [0.15, 0.2) is 24.3 Å². The molecule has 1 N–H and O–H groups in total. The van der Waals surface area contributed by atoms with Crippen molar-refractivity contribution in [1.29, 1.82) is 0 Å². The first-order valence-electron chi connectivity index (χ1n) is 5.81. The predicted octanol–water partition coefficient (Wildman–Crippen LogP) is 3.26. The van der Waals surface area contributed by atoms with Crippen LogP contribution in [0.5, 0.6) is 0 Å². The second-order valence-electron chi connectivity index (χ2n) is 4.64. The summed E-state index contributed by atoms with van der Waals surface area (Å²) in [6.07, 6.45) is -3.36. The van der Waals surface area contributed by atoms with Crippen LogP contribution in [-0.2, 0) is 6.42 Å². The van der Waals surface area contributed by atoms with Gasteiger partial charge < -0.3 is 5.32 Å². The molecule has 0 fully saturated rings. The summed E-state index contributed by atoms with van der Waals surface area (Å²) in [5, 5.41) is 2.77. The Morgan fingerprint density at radius 1 is 1.35 bits per heavy atom. The second kappa shape index (κ2) is 4.69. The van der Waals surface area contributed by atoms with Crippen molar-refractivity contribution in [3.63, 3.8) is 0 Å². The third kappa shape index (κ3) is 3.00. The van der Waals surface area contributed by atoms with Crippen LogP contribution >= 0.6 is 0 Å². The van der Waals surface area contributed by atoms with Gasteiger partial charge in [0.05, 0.1) is 6.42 Å². The molecule has 94 valence electrons. The number of alkyl halides is 3. The largest absolute Gasteiger partial charge is 0.390 e. The fourth-order valence-electron chi connectivity index (χ4n) is 2.50. The highest BCUT2D eigenvalue weighted by Gasteiger charge is 2.34. The highest BCUT2D eigenvalue weighted by molar-refractivity contribution is 5.39. The van der Waals surface area contributed by atoms with Gasteiger partial charge in [-0.05, 0) is 36.9 Å². The Morgan fingerprint density at radius 3 is 2.65 bits per heavy atom. The van der Waals surface area contributed by atoms with Gasteiger partial charge in [-0.3, -0.25) is 0 Å². The Balaban J connectivity index is 1.94.